The van der Waals surface area contributed by atoms with Crippen molar-refractivity contribution < 1.29 is 9.47 Å². The number of ether oxygens (including phenoxy) is 2. The van der Waals surface area contributed by atoms with E-state index in [1.165, 1.54) is 5.56 Å². The molecule has 1 aliphatic heterocycles. The summed E-state index contributed by atoms with van der Waals surface area (Å²) in [7, 11) is 1.70. The molecule has 0 aromatic heterocycles. The van der Waals surface area contributed by atoms with Gasteiger partial charge in [-0.05, 0) is 24.1 Å². The Morgan fingerprint density at radius 1 is 1.19 bits per heavy atom. The number of nitrogens with two attached hydrogens (primary N) is 1. The van der Waals surface area contributed by atoms with Crippen LogP contribution in [-0.4, -0.2) is 7.11 Å². The van der Waals surface area contributed by atoms with Crippen LogP contribution in [0, 0.1) is 6.92 Å². The van der Waals surface area contributed by atoms with Gasteiger partial charge in [-0.1, -0.05) is 42.0 Å². The molecule has 0 bridgehead atoms. The summed E-state index contributed by atoms with van der Waals surface area (Å²) in [5, 5.41) is 0. The Balaban J connectivity index is 1.83. The fourth-order valence-electron chi connectivity index (χ4n) is 2.82. The Morgan fingerprint density at radius 2 is 1.95 bits per heavy atom. The van der Waals surface area contributed by atoms with Crippen molar-refractivity contribution >= 4 is 0 Å². The molecule has 3 heteroatoms. The summed E-state index contributed by atoms with van der Waals surface area (Å²) in [6, 6.07) is 14.6. The molecule has 3 nitrogen and oxygen atoms in total. The minimum absolute atomic E-state index is 0.0202. The van der Waals surface area contributed by atoms with E-state index in [2.05, 4.69) is 43.3 Å². The number of benzene rings is 2. The maximum atomic E-state index is 6.32. The third-order valence-corrected chi connectivity index (χ3v) is 3.96. The number of fused-ring (bicyclic) bond motifs is 1. The molecule has 2 atom stereocenters. The van der Waals surface area contributed by atoms with Gasteiger partial charge in [0.2, 0.25) is 0 Å². The summed E-state index contributed by atoms with van der Waals surface area (Å²) in [5.74, 6) is 0.908. The van der Waals surface area contributed by atoms with E-state index < -0.39 is 0 Å². The molecule has 2 aromatic carbocycles. The third kappa shape index (κ3) is 2.94. The predicted octanol–water partition coefficient (Wildman–Crippen LogP) is 3.67. The van der Waals surface area contributed by atoms with Gasteiger partial charge in [-0.15, -0.1) is 0 Å². The lowest BCUT2D eigenvalue weighted by Crippen LogP contribution is -2.24. The fraction of sp³-hybridized carbons (Fsp3) is 0.333. The summed E-state index contributed by atoms with van der Waals surface area (Å²) in [6.07, 6.45) is 0.826. The second-order valence-electron chi connectivity index (χ2n) is 5.66. The molecule has 0 aliphatic carbocycles. The van der Waals surface area contributed by atoms with Crippen molar-refractivity contribution in [3.8, 4) is 5.75 Å². The van der Waals surface area contributed by atoms with Crippen LogP contribution in [-0.2, 0) is 11.3 Å². The van der Waals surface area contributed by atoms with Crippen LogP contribution < -0.4 is 10.5 Å². The largest absolute Gasteiger partial charge is 0.485 e. The van der Waals surface area contributed by atoms with Gasteiger partial charge in [-0.3, -0.25) is 0 Å². The summed E-state index contributed by atoms with van der Waals surface area (Å²) in [4.78, 5) is 0. The van der Waals surface area contributed by atoms with Crippen LogP contribution in [0.25, 0.3) is 0 Å². The van der Waals surface area contributed by atoms with Crippen molar-refractivity contribution in [3.05, 3.63) is 64.7 Å². The zero-order chi connectivity index (χ0) is 14.8. The summed E-state index contributed by atoms with van der Waals surface area (Å²) < 4.78 is 11.3. The second kappa shape index (κ2) is 5.88. The molecule has 0 fully saturated rings. The van der Waals surface area contributed by atoms with Gasteiger partial charge in [0.05, 0.1) is 6.61 Å². The van der Waals surface area contributed by atoms with Crippen molar-refractivity contribution in [1.82, 2.24) is 0 Å². The molecule has 2 N–H and O–H groups in total. The molecule has 1 heterocycles. The Kier molecular flexibility index (Phi) is 3.95. The van der Waals surface area contributed by atoms with Crippen molar-refractivity contribution in [1.29, 1.82) is 0 Å². The van der Waals surface area contributed by atoms with E-state index in [4.69, 9.17) is 15.2 Å². The first-order chi connectivity index (χ1) is 10.2. The van der Waals surface area contributed by atoms with Gasteiger partial charge >= 0.3 is 0 Å². The van der Waals surface area contributed by atoms with Crippen molar-refractivity contribution in [2.75, 3.05) is 7.11 Å². The predicted molar refractivity (Wildman–Crippen MR) is 83.2 cm³/mol. The van der Waals surface area contributed by atoms with Gasteiger partial charge in [0.1, 0.15) is 11.9 Å². The van der Waals surface area contributed by atoms with Crippen molar-refractivity contribution in [2.24, 2.45) is 5.73 Å². The van der Waals surface area contributed by atoms with Gasteiger partial charge < -0.3 is 15.2 Å². The van der Waals surface area contributed by atoms with Crippen LogP contribution in [0.3, 0.4) is 0 Å². The van der Waals surface area contributed by atoms with Crippen LogP contribution in [0.1, 0.15) is 40.8 Å². The Bertz CT molecular complexity index is 622. The van der Waals surface area contributed by atoms with Crippen molar-refractivity contribution in [3.63, 3.8) is 0 Å². The lowest BCUT2D eigenvalue weighted by molar-refractivity contribution is 0.161. The molecule has 3 rings (SSSR count). The molecule has 0 spiro atoms. The average Bonchev–Trinajstić information content (AvgIpc) is 2.49. The highest BCUT2D eigenvalue weighted by Gasteiger charge is 2.26. The first-order valence-electron chi connectivity index (χ1n) is 7.28. The maximum absolute atomic E-state index is 6.32. The van der Waals surface area contributed by atoms with E-state index >= 15 is 0 Å². The van der Waals surface area contributed by atoms with Gasteiger partial charge in [-0.25, -0.2) is 0 Å². The highest BCUT2D eigenvalue weighted by atomic mass is 16.5. The average molecular weight is 283 g/mol. The Hall–Kier alpha value is -1.84. The van der Waals surface area contributed by atoms with E-state index in [0.717, 1.165) is 28.9 Å². The summed E-state index contributed by atoms with van der Waals surface area (Å²) in [5.41, 5.74) is 11.0. The minimum Gasteiger partial charge on any atom is -0.485 e. The SMILES string of the molecule is COCc1ccc(C2CC(N)c3cc(C)ccc3O2)cc1. The topological polar surface area (TPSA) is 44.5 Å². The fourth-order valence-corrected chi connectivity index (χ4v) is 2.82. The number of hydrogen-bond donors (Lipinski definition) is 1. The van der Waals surface area contributed by atoms with Crippen LogP contribution in [0.2, 0.25) is 0 Å². The first kappa shape index (κ1) is 14.1. The number of hydrogen-bond acceptors (Lipinski definition) is 3. The molecule has 1 aliphatic rings. The van der Waals surface area contributed by atoms with Crippen LogP contribution in [0.4, 0.5) is 0 Å². The molecule has 2 aromatic rings. The van der Waals surface area contributed by atoms with E-state index in [1.807, 2.05) is 6.07 Å². The van der Waals surface area contributed by atoms with Gasteiger partial charge in [0.15, 0.2) is 0 Å². The van der Waals surface area contributed by atoms with E-state index in [0.29, 0.717) is 6.61 Å². The van der Waals surface area contributed by atoms with E-state index in [-0.39, 0.29) is 12.1 Å². The molecular formula is C18H21NO2. The van der Waals surface area contributed by atoms with Gasteiger partial charge in [-0.2, -0.15) is 0 Å². The van der Waals surface area contributed by atoms with Crippen LogP contribution in [0.5, 0.6) is 5.75 Å². The Labute approximate surface area is 125 Å². The lowest BCUT2D eigenvalue weighted by Gasteiger charge is -2.31. The molecule has 0 amide bonds. The molecule has 110 valence electrons. The first-order valence-corrected chi connectivity index (χ1v) is 7.28. The van der Waals surface area contributed by atoms with Crippen LogP contribution >= 0.6 is 0 Å². The smallest absolute Gasteiger partial charge is 0.126 e. The highest BCUT2D eigenvalue weighted by Crippen LogP contribution is 2.39. The molecule has 0 radical (unpaired) electrons. The lowest BCUT2D eigenvalue weighted by atomic mass is 9.92. The highest BCUT2D eigenvalue weighted by molar-refractivity contribution is 5.41. The summed E-state index contributed by atoms with van der Waals surface area (Å²) >= 11 is 0. The zero-order valence-electron chi connectivity index (χ0n) is 12.5. The normalized spacial score (nSPS) is 20.7. The summed E-state index contributed by atoms with van der Waals surface area (Å²) in [6.45, 7) is 2.71. The number of aryl methyl sites for hydroxylation is 1. The van der Waals surface area contributed by atoms with Crippen LogP contribution in [0.15, 0.2) is 42.5 Å². The van der Waals surface area contributed by atoms with Gasteiger partial charge in [0.25, 0.3) is 0 Å². The third-order valence-electron chi connectivity index (χ3n) is 3.96. The van der Waals surface area contributed by atoms with E-state index in [9.17, 15) is 0 Å². The standard InChI is InChI=1S/C18H21NO2/c1-12-3-8-17-15(9-12)16(19)10-18(21-17)14-6-4-13(5-7-14)11-20-2/h3-9,16,18H,10-11,19H2,1-2H3. The molecule has 21 heavy (non-hydrogen) atoms. The van der Waals surface area contributed by atoms with Crippen molar-refractivity contribution in [2.45, 2.75) is 32.1 Å². The zero-order valence-corrected chi connectivity index (χ0v) is 12.5. The number of methoxy groups -OCH3 is 1. The minimum atomic E-state index is 0.0202. The van der Waals surface area contributed by atoms with Gasteiger partial charge in [0, 0.05) is 25.1 Å². The van der Waals surface area contributed by atoms with E-state index in [1.54, 1.807) is 7.11 Å². The number of rotatable bonds is 3. The molecule has 0 saturated heterocycles. The monoisotopic (exact) mass is 283 g/mol. The molecule has 2 unspecified atom stereocenters. The quantitative estimate of drug-likeness (QED) is 0.934. The second-order valence-corrected chi connectivity index (χ2v) is 5.66. The maximum Gasteiger partial charge on any atom is 0.126 e. The molecule has 0 saturated carbocycles. The molecular weight excluding hydrogens is 262 g/mol. The Morgan fingerprint density at radius 3 is 2.67 bits per heavy atom.